The molecule has 0 aliphatic carbocycles. The van der Waals surface area contributed by atoms with Crippen LogP contribution in [0.25, 0.3) is 0 Å². The number of para-hydroxylation sites is 1. The van der Waals surface area contributed by atoms with Crippen LogP contribution in [0.2, 0.25) is 0 Å². The van der Waals surface area contributed by atoms with Gasteiger partial charge >= 0.3 is 0 Å². The zero-order valence-corrected chi connectivity index (χ0v) is 14.6. The summed E-state index contributed by atoms with van der Waals surface area (Å²) in [6, 6.07) is 11.4. The molecule has 0 unspecified atom stereocenters. The van der Waals surface area contributed by atoms with Crippen molar-refractivity contribution in [2.45, 2.75) is 18.2 Å². The van der Waals surface area contributed by atoms with E-state index in [4.69, 9.17) is 4.74 Å². The Morgan fingerprint density at radius 1 is 1.17 bits per heavy atom. The second kappa shape index (κ2) is 7.35. The number of sulfonamides is 1. The Labute approximate surface area is 141 Å². The predicted molar refractivity (Wildman–Crippen MR) is 93.0 cm³/mol. The molecule has 0 aromatic heterocycles. The van der Waals surface area contributed by atoms with Crippen LogP contribution in [-0.2, 0) is 16.4 Å². The molecule has 0 heterocycles. The molecule has 0 aliphatic heterocycles. The summed E-state index contributed by atoms with van der Waals surface area (Å²) in [5, 5.41) is 2.47. The first-order chi connectivity index (χ1) is 11.4. The van der Waals surface area contributed by atoms with Crippen molar-refractivity contribution in [2.75, 3.05) is 18.9 Å². The van der Waals surface area contributed by atoms with Crippen LogP contribution >= 0.6 is 0 Å². The van der Waals surface area contributed by atoms with Crippen LogP contribution in [0, 0.1) is 0 Å². The molecular weight excluding hydrogens is 328 g/mol. The van der Waals surface area contributed by atoms with E-state index in [0.717, 1.165) is 5.56 Å². The van der Waals surface area contributed by atoms with E-state index in [1.54, 1.807) is 12.1 Å². The number of carbonyl (C=O) groups excluding carboxylic acids is 1. The number of methoxy groups -OCH3 is 1. The summed E-state index contributed by atoms with van der Waals surface area (Å²) < 4.78 is 33.0. The smallest absolute Gasteiger partial charge is 0.261 e. The maximum atomic E-state index is 12.6. The highest BCUT2D eigenvalue weighted by Crippen LogP contribution is 2.25. The Kier molecular flexibility index (Phi) is 5.46. The van der Waals surface area contributed by atoms with Crippen molar-refractivity contribution in [3.63, 3.8) is 0 Å². The minimum atomic E-state index is -3.82. The molecule has 0 saturated carbocycles. The van der Waals surface area contributed by atoms with Gasteiger partial charge in [-0.2, -0.15) is 0 Å². The molecule has 0 radical (unpaired) electrons. The highest BCUT2D eigenvalue weighted by molar-refractivity contribution is 7.92. The predicted octanol–water partition coefficient (Wildman–Crippen LogP) is 2.42. The Morgan fingerprint density at radius 2 is 1.88 bits per heavy atom. The van der Waals surface area contributed by atoms with Gasteiger partial charge in [0.1, 0.15) is 5.75 Å². The van der Waals surface area contributed by atoms with Crippen LogP contribution in [0.4, 0.5) is 5.69 Å². The number of hydrogen-bond acceptors (Lipinski definition) is 4. The SMILES string of the molecule is CCc1ccccc1NS(=O)(=O)c1ccc(OC)c(C(=O)NC)c1. The maximum absolute atomic E-state index is 12.6. The molecule has 0 atom stereocenters. The number of aryl methyl sites for hydroxylation is 1. The minimum absolute atomic E-state index is 0.00666. The summed E-state index contributed by atoms with van der Waals surface area (Å²) in [5.74, 6) is -0.111. The first-order valence-corrected chi connectivity index (χ1v) is 8.92. The van der Waals surface area contributed by atoms with E-state index in [1.807, 2.05) is 19.1 Å². The van der Waals surface area contributed by atoms with E-state index >= 15 is 0 Å². The lowest BCUT2D eigenvalue weighted by Gasteiger charge is -2.13. The van der Waals surface area contributed by atoms with Gasteiger partial charge < -0.3 is 10.1 Å². The fourth-order valence-corrected chi connectivity index (χ4v) is 3.42. The van der Waals surface area contributed by atoms with Gasteiger partial charge in [0.15, 0.2) is 0 Å². The minimum Gasteiger partial charge on any atom is -0.496 e. The van der Waals surface area contributed by atoms with E-state index in [9.17, 15) is 13.2 Å². The third kappa shape index (κ3) is 3.68. The number of nitrogens with one attached hydrogen (secondary N) is 2. The van der Waals surface area contributed by atoms with Gasteiger partial charge in [0.25, 0.3) is 15.9 Å². The normalized spacial score (nSPS) is 11.0. The summed E-state index contributed by atoms with van der Waals surface area (Å²) in [4.78, 5) is 11.9. The summed E-state index contributed by atoms with van der Waals surface area (Å²) in [6.45, 7) is 1.95. The number of benzene rings is 2. The van der Waals surface area contributed by atoms with Crippen LogP contribution in [0.1, 0.15) is 22.8 Å². The molecule has 128 valence electrons. The zero-order chi connectivity index (χ0) is 17.7. The number of anilines is 1. The molecule has 0 fully saturated rings. The van der Waals surface area contributed by atoms with Gasteiger partial charge in [0, 0.05) is 7.05 Å². The molecule has 2 aromatic carbocycles. The fraction of sp³-hybridized carbons (Fsp3) is 0.235. The van der Waals surface area contributed by atoms with Gasteiger partial charge in [-0.25, -0.2) is 8.42 Å². The molecule has 24 heavy (non-hydrogen) atoms. The molecule has 0 aliphatic rings. The average Bonchev–Trinajstić information content (AvgIpc) is 2.60. The van der Waals surface area contributed by atoms with Gasteiger partial charge in [0.05, 0.1) is 23.3 Å². The lowest BCUT2D eigenvalue weighted by molar-refractivity contribution is 0.0960. The molecule has 0 spiro atoms. The monoisotopic (exact) mass is 348 g/mol. The van der Waals surface area contributed by atoms with Crippen LogP contribution in [0.3, 0.4) is 0 Å². The number of amides is 1. The molecule has 0 saturated heterocycles. The largest absolute Gasteiger partial charge is 0.496 e. The quantitative estimate of drug-likeness (QED) is 0.840. The standard InChI is InChI=1S/C17H20N2O4S/c1-4-12-7-5-6-8-15(12)19-24(21,22)13-9-10-16(23-3)14(11-13)17(20)18-2/h5-11,19H,4H2,1-3H3,(H,18,20). The fourth-order valence-electron chi connectivity index (χ4n) is 2.30. The van der Waals surface area contributed by atoms with Crippen LogP contribution in [-0.4, -0.2) is 28.5 Å². The van der Waals surface area contributed by atoms with Crippen LogP contribution in [0.15, 0.2) is 47.4 Å². The van der Waals surface area contributed by atoms with Crippen molar-refractivity contribution in [1.29, 1.82) is 0 Å². The second-order valence-corrected chi connectivity index (χ2v) is 6.74. The van der Waals surface area contributed by atoms with E-state index in [0.29, 0.717) is 17.9 Å². The van der Waals surface area contributed by atoms with E-state index in [-0.39, 0.29) is 10.5 Å². The first-order valence-electron chi connectivity index (χ1n) is 7.43. The van der Waals surface area contributed by atoms with Gasteiger partial charge in [-0.1, -0.05) is 25.1 Å². The topological polar surface area (TPSA) is 84.5 Å². The molecule has 6 nitrogen and oxygen atoms in total. The molecule has 2 N–H and O–H groups in total. The van der Waals surface area contributed by atoms with Crippen LogP contribution in [0.5, 0.6) is 5.75 Å². The third-order valence-electron chi connectivity index (χ3n) is 3.60. The zero-order valence-electron chi connectivity index (χ0n) is 13.8. The molecule has 2 rings (SSSR count). The van der Waals surface area contributed by atoms with Gasteiger partial charge in [-0.3, -0.25) is 9.52 Å². The third-order valence-corrected chi connectivity index (χ3v) is 4.96. The van der Waals surface area contributed by atoms with E-state index < -0.39 is 15.9 Å². The van der Waals surface area contributed by atoms with Crippen LogP contribution < -0.4 is 14.8 Å². The van der Waals surface area contributed by atoms with Crippen molar-refractivity contribution in [3.8, 4) is 5.75 Å². The summed E-state index contributed by atoms with van der Waals surface area (Å²) in [5.41, 5.74) is 1.57. The van der Waals surface area contributed by atoms with Gasteiger partial charge in [-0.15, -0.1) is 0 Å². The Morgan fingerprint density at radius 3 is 2.50 bits per heavy atom. The highest BCUT2D eigenvalue weighted by atomic mass is 32.2. The van der Waals surface area contributed by atoms with Gasteiger partial charge in [0.2, 0.25) is 0 Å². The van der Waals surface area contributed by atoms with Gasteiger partial charge in [-0.05, 0) is 36.2 Å². The van der Waals surface area contributed by atoms with Crippen molar-refractivity contribution >= 4 is 21.6 Å². The van der Waals surface area contributed by atoms with E-state index in [1.165, 1.54) is 32.4 Å². The molecule has 7 heteroatoms. The average molecular weight is 348 g/mol. The molecule has 1 amide bonds. The first kappa shape index (κ1) is 17.8. The summed E-state index contributed by atoms with van der Waals surface area (Å²) >= 11 is 0. The molecular formula is C17H20N2O4S. The number of ether oxygens (including phenoxy) is 1. The lowest BCUT2D eigenvalue weighted by atomic mass is 10.1. The summed E-state index contributed by atoms with van der Waals surface area (Å²) in [6.07, 6.45) is 0.699. The van der Waals surface area contributed by atoms with Crippen molar-refractivity contribution in [1.82, 2.24) is 5.32 Å². The Balaban J connectivity index is 2.44. The second-order valence-electron chi connectivity index (χ2n) is 5.06. The van der Waals surface area contributed by atoms with Crippen molar-refractivity contribution in [3.05, 3.63) is 53.6 Å². The molecule has 2 aromatic rings. The Bertz CT molecular complexity index is 847. The number of rotatable bonds is 6. The van der Waals surface area contributed by atoms with Crippen molar-refractivity contribution in [2.24, 2.45) is 0 Å². The molecule has 0 bridgehead atoms. The Hall–Kier alpha value is -2.54. The highest BCUT2D eigenvalue weighted by Gasteiger charge is 2.20. The van der Waals surface area contributed by atoms with E-state index in [2.05, 4.69) is 10.0 Å². The number of hydrogen-bond donors (Lipinski definition) is 2. The summed E-state index contributed by atoms with van der Waals surface area (Å²) in [7, 11) is -0.927. The lowest BCUT2D eigenvalue weighted by Crippen LogP contribution is -2.20. The maximum Gasteiger partial charge on any atom is 0.261 e. The van der Waals surface area contributed by atoms with Crippen molar-refractivity contribution < 1.29 is 17.9 Å². The number of carbonyl (C=O) groups is 1.